The highest BCUT2D eigenvalue weighted by Gasteiger charge is 1.93. The van der Waals surface area contributed by atoms with Crippen molar-refractivity contribution in [3.05, 3.63) is 36.9 Å². The van der Waals surface area contributed by atoms with E-state index >= 15 is 0 Å². The van der Waals surface area contributed by atoms with Crippen molar-refractivity contribution < 1.29 is 0 Å². The van der Waals surface area contributed by atoms with Crippen LogP contribution in [0.5, 0.6) is 0 Å². The van der Waals surface area contributed by atoms with E-state index in [4.69, 9.17) is 0 Å². The topological polar surface area (TPSA) is 12.9 Å². The molecule has 10 heavy (non-hydrogen) atoms. The summed E-state index contributed by atoms with van der Waals surface area (Å²) >= 11 is 1.52. The van der Waals surface area contributed by atoms with Gasteiger partial charge in [0.15, 0.2) is 0 Å². The lowest BCUT2D eigenvalue weighted by Gasteiger charge is -1.88. The third kappa shape index (κ3) is 0.809. The molecule has 0 bridgehead atoms. The molecule has 2 heteroatoms. The largest absolute Gasteiger partial charge is 0.200 e. The molecule has 1 radical (unpaired) electrons. The average molecular weight is 148 g/mol. The Balaban J connectivity index is 2.86. The summed E-state index contributed by atoms with van der Waals surface area (Å²) in [6.07, 6.45) is 1.87. The Labute approximate surface area is 63.5 Å². The van der Waals surface area contributed by atoms with E-state index in [-0.39, 0.29) is 0 Å². The smallest absolute Gasteiger partial charge is 0.0550 e. The van der Waals surface area contributed by atoms with Gasteiger partial charge in [-0.3, -0.25) is 0 Å². The molecule has 49 valence electrons. The van der Waals surface area contributed by atoms with E-state index in [0.717, 1.165) is 5.56 Å². The maximum atomic E-state index is 4.06. The van der Waals surface area contributed by atoms with Crippen LogP contribution in [-0.4, -0.2) is 4.37 Å². The molecule has 0 unspecified atom stereocenters. The van der Waals surface area contributed by atoms with Gasteiger partial charge in [-0.15, -0.1) is 0 Å². The van der Waals surface area contributed by atoms with Crippen LogP contribution in [0.25, 0.3) is 10.1 Å². The van der Waals surface area contributed by atoms with Crippen molar-refractivity contribution >= 4 is 21.6 Å². The van der Waals surface area contributed by atoms with Gasteiger partial charge < -0.3 is 0 Å². The molecular weight excluding hydrogens is 142 g/mol. The van der Waals surface area contributed by atoms with Gasteiger partial charge in [0.05, 0.1) is 4.70 Å². The van der Waals surface area contributed by atoms with Crippen molar-refractivity contribution in [1.29, 1.82) is 0 Å². The Morgan fingerprint density at radius 3 is 3.20 bits per heavy atom. The molecule has 0 N–H and O–H groups in total. The predicted molar refractivity (Wildman–Crippen MR) is 44.1 cm³/mol. The maximum Gasteiger partial charge on any atom is 0.0550 e. The van der Waals surface area contributed by atoms with Crippen LogP contribution in [-0.2, 0) is 0 Å². The van der Waals surface area contributed by atoms with Crippen LogP contribution in [0, 0.1) is 6.92 Å². The Bertz CT molecular complexity index is 351. The molecule has 0 spiro atoms. The molecule has 1 aromatic heterocycles. The molecule has 0 amide bonds. The Morgan fingerprint density at radius 1 is 1.40 bits per heavy atom. The first-order valence-electron chi connectivity index (χ1n) is 3.03. The van der Waals surface area contributed by atoms with Crippen LogP contribution in [0.15, 0.2) is 24.4 Å². The van der Waals surface area contributed by atoms with Gasteiger partial charge >= 0.3 is 0 Å². The molecule has 0 saturated carbocycles. The highest BCUT2D eigenvalue weighted by molar-refractivity contribution is 7.13. The minimum Gasteiger partial charge on any atom is -0.200 e. The lowest BCUT2D eigenvalue weighted by atomic mass is 10.2. The number of benzene rings is 1. The molecule has 2 rings (SSSR count). The first kappa shape index (κ1) is 5.86. The molecule has 0 saturated heterocycles. The Kier molecular flexibility index (Phi) is 1.21. The highest BCUT2D eigenvalue weighted by Crippen LogP contribution is 2.18. The van der Waals surface area contributed by atoms with Crippen molar-refractivity contribution in [2.24, 2.45) is 0 Å². The van der Waals surface area contributed by atoms with Crippen molar-refractivity contribution in [3.8, 4) is 0 Å². The van der Waals surface area contributed by atoms with Gasteiger partial charge in [0.25, 0.3) is 0 Å². The maximum absolute atomic E-state index is 4.06. The molecular formula is C8H6NS. The first-order chi connectivity index (χ1) is 4.86. The van der Waals surface area contributed by atoms with Crippen LogP contribution in [0.4, 0.5) is 0 Å². The molecule has 0 aliphatic carbocycles. The minimum atomic E-state index is 1.05. The molecule has 1 heterocycles. The van der Waals surface area contributed by atoms with E-state index in [2.05, 4.69) is 17.4 Å². The molecule has 0 aliphatic rings. The summed E-state index contributed by atoms with van der Waals surface area (Å²) < 4.78 is 5.29. The average Bonchev–Trinajstić information content (AvgIpc) is 2.33. The third-order valence-corrected chi connectivity index (χ3v) is 2.20. The molecule has 1 nitrogen and oxygen atoms in total. The lowest BCUT2D eigenvalue weighted by molar-refractivity contribution is 1.60. The van der Waals surface area contributed by atoms with E-state index in [1.54, 1.807) is 0 Å². The fourth-order valence-corrected chi connectivity index (χ4v) is 1.55. The normalized spacial score (nSPS) is 10.5. The SMILES string of the molecule is [CH2]c1ccc2sncc2c1. The summed E-state index contributed by atoms with van der Waals surface area (Å²) in [5, 5.41) is 1.19. The van der Waals surface area contributed by atoms with Gasteiger partial charge in [0.2, 0.25) is 0 Å². The van der Waals surface area contributed by atoms with Gasteiger partial charge in [0, 0.05) is 11.6 Å². The lowest BCUT2D eigenvalue weighted by Crippen LogP contribution is -1.67. The highest BCUT2D eigenvalue weighted by atomic mass is 32.1. The summed E-state index contributed by atoms with van der Waals surface area (Å²) in [6, 6.07) is 6.09. The van der Waals surface area contributed by atoms with Gasteiger partial charge in [-0.25, -0.2) is 0 Å². The number of aromatic nitrogens is 1. The molecule has 0 fully saturated rings. The molecule has 1 aromatic carbocycles. The number of rotatable bonds is 0. The summed E-state index contributed by atoms with van der Waals surface area (Å²) in [6.45, 7) is 3.83. The van der Waals surface area contributed by atoms with E-state index in [1.807, 2.05) is 18.3 Å². The summed E-state index contributed by atoms with van der Waals surface area (Å²) in [5.41, 5.74) is 1.05. The van der Waals surface area contributed by atoms with Crippen LogP contribution in [0.2, 0.25) is 0 Å². The van der Waals surface area contributed by atoms with E-state index in [0.29, 0.717) is 0 Å². The zero-order chi connectivity index (χ0) is 6.97. The number of nitrogens with zero attached hydrogens (tertiary/aromatic N) is 1. The quantitative estimate of drug-likeness (QED) is 0.559. The van der Waals surface area contributed by atoms with E-state index in [9.17, 15) is 0 Å². The summed E-state index contributed by atoms with van der Waals surface area (Å²) in [5.74, 6) is 0. The minimum absolute atomic E-state index is 1.05. The Morgan fingerprint density at radius 2 is 2.30 bits per heavy atom. The molecule has 0 atom stereocenters. The van der Waals surface area contributed by atoms with Crippen LogP contribution in [0.1, 0.15) is 5.56 Å². The second-order valence-electron chi connectivity index (χ2n) is 2.20. The third-order valence-electron chi connectivity index (χ3n) is 1.42. The Hall–Kier alpha value is -0.890. The van der Waals surface area contributed by atoms with Crippen molar-refractivity contribution in [3.63, 3.8) is 0 Å². The van der Waals surface area contributed by atoms with E-state index < -0.39 is 0 Å². The first-order valence-corrected chi connectivity index (χ1v) is 3.80. The fourth-order valence-electron chi connectivity index (χ4n) is 0.922. The van der Waals surface area contributed by atoms with Crippen LogP contribution >= 0.6 is 11.5 Å². The van der Waals surface area contributed by atoms with Crippen molar-refractivity contribution in [1.82, 2.24) is 4.37 Å². The van der Waals surface area contributed by atoms with Gasteiger partial charge in [-0.1, -0.05) is 6.07 Å². The van der Waals surface area contributed by atoms with Gasteiger partial charge in [0.1, 0.15) is 0 Å². The molecule has 0 aliphatic heterocycles. The van der Waals surface area contributed by atoms with Gasteiger partial charge in [-0.05, 0) is 36.2 Å². The standard InChI is InChI=1S/C8H6NS/c1-6-2-3-8-7(4-6)5-9-10-8/h2-5H,1H2. The second-order valence-corrected chi connectivity index (χ2v) is 3.03. The van der Waals surface area contributed by atoms with Crippen LogP contribution in [0.3, 0.4) is 0 Å². The predicted octanol–water partition coefficient (Wildman–Crippen LogP) is 2.48. The number of hydrogen-bond donors (Lipinski definition) is 0. The summed E-state index contributed by atoms with van der Waals surface area (Å²) in [4.78, 5) is 0. The number of hydrogen-bond acceptors (Lipinski definition) is 2. The van der Waals surface area contributed by atoms with E-state index in [1.165, 1.54) is 21.6 Å². The monoisotopic (exact) mass is 148 g/mol. The number of fused-ring (bicyclic) bond motifs is 1. The zero-order valence-corrected chi connectivity index (χ0v) is 6.19. The summed E-state index contributed by atoms with van der Waals surface area (Å²) in [7, 11) is 0. The van der Waals surface area contributed by atoms with Crippen molar-refractivity contribution in [2.45, 2.75) is 0 Å². The van der Waals surface area contributed by atoms with Crippen LogP contribution < -0.4 is 0 Å². The zero-order valence-electron chi connectivity index (χ0n) is 5.37. The van der Waals surface area contributed by atoms with Crippen molar-refractivity contribution in [2.75, 3.05) is 0 Å². The second kappa shape index (κ2) is 2.06. The fraction of sp³-hybridized carbons (Fsp3) is 0. The van der Waals surface area contributed by atoms with Gasteiger partial charge in [-0.2, -0.15) is 4.37 Å². The molecule has 2 aromatic rings.